The maximum Gasteiger partial charge on any atom is 0.313 e. The monoisotopic (exact) mass is 172 g/mol. The molecule has 0 aromatic rings. The fraction of sp³-hybridized carbons (Fsp3) is 0.500. The zero-order valence-electron chi connectivity index (χ0n) is 4.98. The molecule has 0 aliphatic rings. The van der Waals surface area contributed by atoms with E-state index in [2.05, 4.69) is 27.9 Å². The van der Waals surface area contributed by atoms with Crippen LogP contribution in [0.3, 0.4) is 0 Å². The van der Waals surface area contributed by atoms with Crippen LogP contribution in [0.25, 0.3) is 0 Å². The first-order valence-corrected chi connectivity index (χ1v) is 2.65. The predicted octanol–water partition coefficient (Wildman–Crippen LogP) is 1.76. The quantitative estimate of drug-likeness (QED) is 0.414. The summed E-state index contributed by atoms with van der Waals surface area (Å²) in [6, 6.07) is 0. The number of esters is 1. The van der Waals surface area contributed by atoms with Crippen LogP contribution in [0.2, 0.25) is 0 Å². The summed E-state index contributed by atoms with van der Waals surface area (Å²) in [4.78, 5) is 18.6. The van der Waals surface area contributed by atoms with Gasteiger partial charge >= 0.3 is 10.7 Å². The number of ether oxygens (including phenoxy) is 1. The molecule has 54 valence electrons. The van der Waals surface area contributed by atoms with Gasteiger partial charge in [0.25, 0.3) is 0 Å². The predicted molar refractivity (Wildman–Crippen MR) is 34.8 cm³/mol. The molecule has 0 amide bonds. The van der Waals surface area contributed by atoms with E-state index in [1.807, 2.05) is 0 Å². The first-order chi connectivity index (χ1) is 4.00. The molecule has 0 saturated carbocycles. The Labute approximate surface area is 62.9 Å². The van der Waals surface area contributed by atoms with Crippen molar-refractivity contribution in [3.05, 3.63) is 0 Å². The molecule has 0 rings (SSSR count). The molecule has 0 saturated heterocycles. The Bertz CT molecular complexity index is 98.0. The maximum absolute atomic E-state index is 9.59. The second-order valence-electron chi connectivity index (χ2n) is 0.921. The third-order valence-corrected chi connectivity index (χ3v) is 0.287. The molecule has 3 nitrogen and oxygen atoms in total. The zero-order valence-corrected chi connectivity index (χ0v) is 6.49. The van der Waals surface area contributed by atoms with Crippen LogP contribution in [-0.2, 0) is 9.53 Å². The Hall–Kier alpha value is -0.280. The van der Waals surface area contributed by atoms with Crippen LogP contribution in [0.4, 0.5) is 4.79 Å². The molecule has 0 aliphatic carbocycles. The van der Waals surface area contributed by atoms with Gasteiger partial charge in [0, 0.05) is 6.92 Å². The van der Waals surface area contributed by atoms with Crippen LogP contribution in [0.15, 0.2) is 0 Å². The van der Waals surface area contributed by atoms with Gasteiger partial charge in [0.2, 0.25) is 0 Å². The summed E-state index contributed by atoms with van der Waals surface area (Å²) in [5.41, 5.74) is 0. The molecule has 0 heterocycles. The van der Waals surface area contributed by atoms with Gasteiger partial charge < -0.3 is 4.74 Å². The summed E-state index contributed by atoms with van der Waals surface area (Å²) < 4.78 is 3.22. The van der Waals surface area contributed by atoms with E-state index in [1.165, 1.54) is 14.0 Å². The van der Waals surface area contributed by atoms with Gasteiger partial charge in [0.05, 0.1) is 7.11 Å². The number of hydrogen-bond acceptors (Lipinski definition) is 3. The van der Waals surface area contributed by atoms with Crippen molar-refractivity contribution in [2.24, 2.45) is 0 Å². The summed E-state index contributed by atoms with van der Waals surface area (Å²) in [5, 5.41) is 0. The molecular weight excluding hydrogens is 167 g/mol. The van der Waals surface area contributed by atoms with Gasteiger partial charge in [-0.1, -0.05) is 0 Å². The van der Waals surface area contributed by atoms with Gasteiger partial charge in [-0.25, -0.2) is 0 Å². The van der Waals surface area contributed by atoms with Crippen LogP contribution in [0, 0.1) is 0 Å². The van der Waals surface area contributed by atoms with E-state index in [1.54, 1.807) is 0 Å². The fourth-order valence-electron chi connectivity index (χ4n) is 0. The number of hydrogen-bond donors (Lipinski definition) is 0. The molecule has 0 N–H and O–H groups in total. The molecule has 0 bridgehead atoms. The topological polar surface area (TPSA) is 43.4 Å². The molecule has 0 unspecified atom stereocenters. The number of halogens is 2. The lowest BCUT2D eigenvalue weighted by Crippen LogP contribution is -1.88. The Morgan fingerprint density at radius 3 is 1.44 bits per heavy atom. The Balaban J connectivity index is 0. The Morgan fingerprint density at radius 1 is 1.33 bits per heavy atom. The van der Waals surface area contributed by atoms with Crippen molar-refractivity contribution in [3.63, 3.8) is 0 Å². The van der Waals surface area contributed by atoms with Gasteiger partial charge in [-0.05, 0) is 23.2 Å². The van der Waals surface area contributed by atoms with E-state index in [4.69, 9.17) is 4.79 Å². The van der Waals surface area contributed by atoms with Crippen molar-refractivity contribution in [1.82, 2.24) is 0 Å². The summed E-state index contributed by atoms with van der Waals surface area (Å²) in [6.07, 6.45) is 0. The number of carbonyl (C=O) groups excluding carboxylic acids is 2. The third kappa shape index (κ3) is 85.4. The lowest BCUT2D eigenvalue weighted by atomic mass is 10.8. The molecule has 0 atom stereocenters. The first-order valence-electron chi connectivity index (χ1n) is 1.90. The molecule has 9 heavy (non-hydrogen) atoms. The van der Waals surface area contributed by atoms with E-state index in [9.17, 15) is 4.79 Å². The van der Waals surface area contributed by atoms with E-state index in [0.29, 0.717) is 0 Å². The molecule has 0 aromatic heterocycles. The fourth-order valence-corrected chi connectivity index (χ4v) is 0. The Morgan fingerprint density at radius 2 is 1.44 bits per heavy atom. The van der Waals surface area contributed by atoms with E-state index < -0.39 is 4.70 Å². The van der Waals surface area contributed by atoms with E-state index >= 15 is 0 Å². The van der Waals surface area contributed by atoms with Crippen molar-refractivity contribution in [2.75, 3.05) is 7.11 Å². The summed E-state index contributed by atoms with van der Waals surface area (Å²) in [5.74, 6) is -0.245. The summed E-state index contributed by atoms with van der Waals surface area (Å²) in [6.45, 7) is 1.36. The highest BCUT2D eigenvalue weighted by atomic mass is 35.5. The van der Waals surface area contributed by atoms with Crippen molar-refractivity contribution >= 4 is 33.9 Å². The average molecular weight is 173 g/mol. The first kappa shape index (κ1) is 11.5. The number of rotatable bonds is 0. The SMILES string of the molecule is COC(C)=O.O=C(Cl)Cl. The van der Waals surface area contributed by atoms with Crippen molar-refractivity contribution < 1.29 is 14.3 Å². The molecule has 0 spiro atoms. The van der Waals surface area contributed by atoms with E-state index in [-0.39, 0.29) is 5.97 Å². The molecule has 0 radical (unpaired) electrons. The van der Waals surface area contributed by atoms with Gasteiger partial charge in [-0.3, -0.25) is 9.59 Å². The maximum atomic E-state index is 9.59. The lowest BCUT2D eigenvalue weighted by Gasteiger charge is -1.80. The van der Waals surface area contributed by atoms with Crippen molar-refractivity contribution in [1.29, 1.82) is 0 Å². The Kier molecular flexibility index (Phi) is 9.87. The molecule has 0 aromatic carbocycles. The molecule has 0 fully saturated rings. The van der Waals surface area contributed by atoms with Crippen LogP contribution in [0.5, 0.6) is 0 Å². The van der Waals surface area contributed by atoms with Crippen molar-refractivity contribution in [2.45, 2.75) is 6.92 Å². The minimum atomic E-state index is -0.889. The average Bonchev–Trinajstić information content (AvgIpc) is 1.65. The molecule has 5 heteroatoms. The van der Waals surface area contributed by atoms with Gasteiger partial charge in [-0.15, -0.1) is 0 Å². The normalized spacial score (nSPS) is 6.67. The largest absolute Gasteiger partial charge is 0.469 e. The van der Waals surface area contributed by atoms with Crippen molar-refractivity contribution in [3.8, 4) is 0 Å². The minimum Gasteiger partial charge on any atom is -0.469 e. The number of carbonyl (C=O) groups is 2. The third-order valence-electron chi connectivity index (χ3n) is 0.287. The second-order valence-corrected chi connectivity index (χ2v) is 1.80. The molecular formula is C4H6Cl2O3. The van der Waals surface area contributed by atoms with Gasteiger partial charge in [0.15, 0.2) is 0 Å². The second kappa shape index (κ2) is 7.72. The minimum absolute atomic E-state index is 0.245. The highest BCUT2D eigenvalue weighted by Crippen LogP contribution is 1.84. The smallest absolute Gasteiger partial charge is 0.313 e. The zero-order chi connectivity index (χ0) is 7.86. The van der Waals surface area contributed by atoms with Crippen LogP contribution in [-0.4, -0.2) is 17.8 Å². The summed E-state index contributed by atoms with van der Waals surface area (Å²) >= 11 is 8.80. The summed E-state index contributed by atoms with van der Waals surface area (Å²) in [7, 11) is 1.35. The van der Waals surface area contributed by atoms with Crippen LogP contribution >= 0.6 is 23.2 Å². The lowest BCUT2D eigenvalue weighted by molar-refractivity contribution is -0.137. The van der Waals surface area contributed by atoms with E-state index in [0.717, 1.165) is 0 Å². The number of methoxy groups -OCH3 is 1. The standard InChI is InChI=1S/C3H6O2.CCl2O/c1-3(4)5-2;2-1(3)4/h1-2H3;. The highest BCUT2D eigenvalue weighted by molar-refractivity contribution is 6.93. The van der Waals surface area contributed by atoms with Crippen LogP contribution < -0.4 is 0 Å². The van der Waals surface area contributed by atoms with Crippen LogP contribution in [0.1, 0.15) is 6.92 Å². The highest BCUT2D eigenvalue weighted by Gasteiger charge is 1.75. The van der Waals surface area contributed by atoms with Gasteiger partial charge in [0.1, 0.15) is 0 Å². The van der Waals surface area contributed by atoms with Gasteiger partial charge in [-0.2, -0.15) is 0 Å². The molecule has 0 aliphatic heterocycles.